The van der Waals surface area contributed by atoms with E-state index < -0.39 is 5.41 Å². The Hall–Kier alpha value is -7.89. The molecule has 0 saturated carbocycles. The molecule has 0 N–H and O–H groups in total. The zero-order chi connectivity index (χ0) is 47.5. The van der Waals surface area contributed by atoms with Gasteiger partial charge in [0.1, 0.15) is 24.0 Å². The second-order valence-electron chi connectivity index (χ2n) is 20.7. The number of aromatic nitrogens is 2. The molecule has 0 atom stereocenters. The minimum Gasteiger partial charge on any atom is -0.457 e. The predicted molar refractivity (Wildman–Crippen MR) is 288 cm³/mol. The molecular weight excluding hydrogens is 841 g/mol. The topological polar surface area (TPSA) is 33.5 Å². The quantitative estimate of drug-likeness (QED) is 0.145. The van der Waals surface area contributed by atoms with Crippen molar-refractivity contribution in [2.75, 3.05) is 16.5 Å². The Kier molecular flexibility index (Phi) is 10.8. The van der Waals surface area contributed by atoms with Crippen molar-refractivity contribution in [1.82, 2.24) is 9.55 Å². The fourth-order valence-corrected chi connectivity index (χ4v) is 10.2. The summed E-state index contributed by atoms with van der Waals surface area (Å²) in [5, 5.41) is 2.28. The lowest BCUT2D eigenvalue weighted by atomic mass is 9.71. The van der Waals surface area contributed by atoms with E-state index in [-0.39, 0.29) is 10.8 Å². The van der Waals surface area contributed by atoms with E-state index in [1.54, 1.807) is 0 Å². The van der Waals surface area contributed by atoms with Crippen LogP contribution in [0.5, 0.6) is 11.5 Å². The highest BCUT2D eigenvalue weighted by atomic mass is 16.5. The maximum atomic E-state index is 6.89. The minimum atomic E-state index is -0.433. The predicted octanol–water partition coefficient (Wildman–Crippen LogP) is 16.8. The lowest BCUT2D eigenvalue weighted by Crippen LogP contribution is -2.25. The SMILES string of the molecule is CC(C)(C)c1cc(N2CN(c3cccc(Oc4ccc5c6cc(-c7ccccc7)ccc6n(-c6cc(C(C)(c7ccccc7)c7ccccc7)ccn6)c5c4)c3)c3ccccc32)cc(C(C)(C)C)c1. The largest absolute Gasteiger partial charge is 0.457 e. The van der Waals surface area contributed by atoms with Crippen LogP contribution in [0.15, 0.2) is 212 Å². The van der Waals surface area contributed by atoms with E-state index in [0.29, 0.717) is 6.67 Å². The van der Waals surface area contributed by atoms with Crippen LogP contribution in [0.3, 0.4) is 0 Å². The normalized spacial score (nSPS) is 13.0. The third kappa shape index (κ3) is 8.02. The number of pyridine rings is 1. The molecule has 3 heterocycles. The molecular formula is C64H58N4O. The van der Waals surface area contributed by atoms with Gasteiger partial charge in [-0.15, -0.1) is 0 Å². The van der Waals surface area contributed by atoms with Crippen LogP contribution >= 0.6 is 0 Å². The molecule has 8 aromatic carbocycles. The summed E-state index contributed by atoms with van der Waals surface area (Å²) in [7, 11) is 0. The Bertz CT molecular complexity index is 3420. The number of para-hydroxylation sites is 2. The summed E-state index contributed by atoms with van der Waals surface area (Å²) in [4.78, 5) is 9.97. The van der Waals surface area contributed by atoms with Gasteiger partial charge < -0.3 is 14.5 Å². The first-order valence-electron chi connectivity index (χ1n) is 24.1. The summed E-state index contributed by atoms with van der Waals surface area (Å²) < 4.78 is 9.20. The van der Waals surface area contributed by atoms with Crippen molar-refractivity contribution in [3.8, 4) is 28.4 Å². The summed E-state index contributed by atoms with van der Waals surface area (Å²) in [6.07, 6.45) is 1.96. The van der Waals surface area contributed by atoms with Gasteiger partial charge in [-0.2, -0.15) is 0 Å². The number of hydrogen-bond acceptors (Lipinski definition) is 4. The smallest absolute Gasteiger partial charge is 0.137 e. The molecule has 0 fully saturated rings. The molecule has 0 spiro atoms. The fraction of sp³-hybridized carbons (Fsp3) is 0.172. The molecule has 340 valence electrons. The molecule has 0 saturated heterocycles. The van der Waals surface area contributed by atoms with E-state index in [2.05, 4.69) is 269 Å². The van der Waals surface area contributed by atoms with Gasteiger partial charge in [0.25, 0.3) is 0 Å². The zero-order valence-electron chi connectivity index (χ0n) is 40.6. The Morgan fingerprint density at radius 3 is 1.64 bits per heavy atom. The highest BCUT2D eigenvalue weighted by Crippen LogP contribution is 2.47. The molecule has 0 radical (unpaired) electrons. The molecule has 1 aliphatic heterocycles. The van der Waals surface area contributed by atoms with E-state index in [0.717, 1.165) is 50.4 Å². The number of benzene rings is 8. The van der Waals surface area contributed by atoms with E-state index in [1.165, 1.54) is 50.4 Å². The first-order chi connectivity index (χ1) is 33.3. The highest BCUT2D eigenvalue weighted by molar-refractivity contribution is 6.10. The van der Waals surface area contributed by atoms with Gasteiger partial charge in [-0.25, -0.2) is 4.98 Å². The summed E-state index contributed by atoms with van der Waals surface area (Å²) >= 11 is 0. The van der Waals surface area contributed by atoms with Gasteiger partial charge in [-0.3, -0.25) is 4.57 Å². The molecule has 0 amide bonds. The number of fused-ring (bicyclic) bond motifs is 4. The van der Waals surface area contributed by atoms with Gasteiger partial charge in [0.15, 0.2) is 0 Å². The summed E-state index contributed by atoms with van der Waals surface area (Å²) in [5.74, 6) is 2.36. The molecule has 5 nitrogen and oxygen atoms in total. The van der Waals surface area contributed by atoms with Gasteiger partial charge in [0, 0.05) is 45.9 Å². The first kappa shape index (κ1) is 43.7. The van der Waals surface area contributed by atoms with E-state index in [9.17, 15) is 0 Å². The van der Waals surface area contributed by atoms with Crippen molar-refractivity contribution in [2.45, 2.75) is 64.7 Å². The van der Waals surface area contributed by atoms with Crippen LogP contribution in [0.2, 0.25) is 0 Å². The number of rotatable bonds is 9. The second kappa shape index (κ2) is 17.0. The molecule has 0 unspecified atom stereocenters. The number of ether oxygens (including phenoxy) is 1. The lowest BCUT2D eigenvalue weighted by molar-refractivity contribution is 0.483. The maximum Gasteiger partial charge on any atom is 0.137 e. The number of nitrogens with zero attached hydrogens (tertiary/aromatic N) is 4. The van der Waals surface area contributed by atoms with E-state index in [4.69, 9.17) is 9.72 Å². The van der Waals surface area contributed by atoms with Gasteiger partial charge in [0.05, 0.1) is 22.4 Å². The highest BCUT2D eigenvalue weighted by Gasteiger charge is 2.33. The molecule has 10 aromatic rings. The first-order valence-corrected chi connectivity index (χ1v) is 24.1. The van der Waals surface area contributed by atoms with Crippen molar-refractivity contribution in [3.05, 3.63) is 240 Å². The Balaban J connectivity index is 0.994. The summed E-state index contributed by atoms with van der Waals surface area (Å²) in [5.41, 5.74) is 14.9. The monoisotopic (exact) mass is 898 g/mol. The standard InChI is InChI=1S/C64H58N4O/c1-62(2,3)49-37-50(63(4,5)6)39-52(38-49)67-43-66(58-28-17-18-29-59(58)67)51-26-19-27-53(41-51)69-54-31-32-55-56-36-45(44-20-11-8-12-21-44)30-33-57(56)68(60(55)42-54)61-40-48(34-35-65-61)64(7,46-22-13-9-14-23-46)47-24-15-10-16-25-47/h8-42H,43H2,1-7H3. The maximum absolute atomic E-state index is 6.89. The Morgan fingerprint density at radius 2 is 1.00 bits per heavy atom. The number of hydrogen-bond donors (Lipinski definition) is 0. The van der Waals surface area contributed by atoms with Crippen LogP contribution in [0, 0.1) is 0 Å². The molecule has 5 heteroatoms. The Labute approximate surface area is 406 Å². The number of anilines is 4. The van der Waals surface area contributed by atoms with Crippen molar-refractivity contribution in [1.29, 1.82) is 0 Å². The molecule has 2 aromatic heterocycles. The third-order valence-electron chi connectivity index (χ3n) is 14.2. The van der Waals surface area contributed by atoms with Crippen molar-refractivity contribution < 1.29 is 4.74 Å². The van der Waals surface area contributed by atoms with Gasteiger partial charge in [-0.1, -0.05) is 163 Å². The zero-order valence-corrected chi connectivity index (χ0v) is 40.6. The van der Waals surface area contributed by atoms with Crippen molar-refractivity contribution >= 4 is 44.6 Å². The average Bonchev–Trinajstić information content (AvgIpc) is 3.92. The third-order valence-corrected chi connectivity index (χ3v) is 14.2. The van der Waals surface area contributed by atoms with Crippen LogP contribution in [0.4, 0.5) is 22.7 Å². The molecule has 69 heavy (non-hydrogen) atoms. The van der Waals surface area contributed by atoms with Gasteiger partial charge in [0.2, 0.25) is 0 Å². The van der Waals surface area contributed by atoms with Crippen LogP contribution < -0.4 is 14.5 Å². The lowest BCUT2D eigenvalue weighted by Gasteiger charge is -2.32. The second-order valence-corrected chi connectivity index (χ2v) is 20.7. The molecule has 0 aliphatic carbocycles. The van der Waals surface area contributed by atoms with Gasteiger partial charge in [-0.05, 0) is 129 Å². The average molecular weight is 899 g/mol. The van der Waals surface area contributed by atoms with E-state index >= 15 is 0 Å². The van der Waals surface area contributed by atoms with Crippen LogP contribution in [-0.4, -0.2) is 16.2 Å². The molecule has 0 bridgehead atoms. The summed E-state index contributed by atoms with van der Waals surface area (Å²) in [6.45, 7) is 16.8. The van der Waals surface area contributed by atoms with Crippen LogP contribution in [0.1, 0.15) is 76.3 Å². The van der Waals surface area contributed by atoms with Crippen molar-refractivity contribution in [3.63, 3.8) is 0 Å². The van der Waals surface area contributed by atoms with E-state index in [1.807, 2.05) is 6.20 Å². The summed E-state index contributed by atoms with van der Waals surface area (Å²) in [6, 6.07) is 74.2. The van der Waals surface area contributed by atoms with Gasteiger partial charge >= 0.3 is 0 Å². The van der Waals surface area contributed by atoms with Crippen LogP contribution in [-0.2, 0) is 16.2 Å². The molecule has 1 aliphatic rings. The molecule has 11 rings (SSSR count). The fourth-order valence-electron chi connectivity index (χ4n) is 10.2. The van der Waals surface area contributed by atoms with Crippen LogP contribution in [0.25, 0.3) is 38.8 Å². The van der Waals surface area contributed by atoms with Crippen molar-refractivity contribution in [2.24, 2.45) is 0 Å². The minimum absolute atomic E-state index is 0.00970. The Morgan fingerprint density at radius 1 is 0.406 bits per heavy atom.